The molecule has 26 heavy (non-hydrogen) atoms. The van der Waals surface area contributed by atoms with Gasteiger partial charge in [-0.05, 0) is 60.1 Å². The van der Waals surface area contributed by atoms with E-state index in [1.165, 1.54) is 35.1 Å². The number of aromatic nitrogens is 3. The van der Waals surface area contributed by atoms with Crippen LogP contribution >= 0.6 is 0 Å². The SMILES string of the molecule is CC1C=Cc2cccc(-c3nnc(C4CC4)cc3-c3ccncc3)c2C1. The minimum atomic E-state index is 0.548. The number of fused-ring (bicyclic) bond motifs is 1. The maximum Gasteiger partial charge on any atom is 0.101 e. The molecule has 0 spiro atoms. The number of nitrogens with zero attached hydrogens (tertiary/aromatic N) is 3. The number of hydrogen-bond donors (Lipinski definition) is 0. The van der Waals surface area contributed by atoms with Gasteiger partial charge in [0.05, 0.1) is 5.69 Å². The fraction of sp³-hybridized carbons (Fsp3) is 0.261. The summed E-state index contributed by atoms with van der Waals surface area (Å²) in [5.74, 6) is 1.14. The highest BCUT2D eigenvalue weighted by Gasteiger charge is 2.27. The molecule has 3 nitrogen and oxygen atoms in total. The molecule has 0 bridgehead atoms. The molecule has 1 unspecified atom stereocenters. The molecular formula is C23H21N3. The summed E-state index contributed by atoms with van der Waals surface area (Å²) < 4.78 is 0. The topological polar surface area (TPSA) is 38.7 Å². The van der Waals surface area contributed by atoms with Crippen molar-refractivity contribution < 1.29 is 0 Å². The number of allylic oxidation sites excluding steroid dienone is 1. The van der Waals surface area contributed by atoms with E-state index in [1.807, 2.05) is 12.4 Å². The molecule has 2 heterocycles. The molecule has 2 aromatic heterocycles. The summed E-state index contributed by atoms with van der Waals surface area (Å²) >= 11 is 0. The average molecular weight is 339 g/mol. The molecular weight excluding hydrogens is 318 g/mol. The smallest absolute Gasteiger partial charge is 0.101 e. The molecule has 3 aromatic rings. The zero-order valence-electron chi connectivity index (χ0n) is 14.9. The monoisotopic (exact) mass is 339 g/mol. The van der Waals surface area contributed by atoms with Gasteiger partial charge in [0, 0.05) is 29.4 Å². The maximum absolute atomic E-state index is 4.73. The lowest BCUT2D eigenvalue weighted by Gasteiger charge is -2.20. The van der Waals surface area contributed by atoms with Gasteiger partial charge in [-0.1, -0.05) is 37.3 Å². The van der Waals surface area contributed by atoms with Crippen molar-refractivity contribution in [3.63, 3.8) is 0 Å². The van der Waals surface area contributed by atoms with Crippen LogP contribution in [-0.4, -0.2) is 15.2 Å². The summed E-state index contributed by atoms with van der Waals surface area (Å²) in [6.45, 7) is 2.27. The van der Waals surface area contributed by atoms with Crippen LogP contribution in [-0.2, 0) is 6.42 Å². The minimum absolute atomic E-state index is 0.548. The van der Waals surface area contributed by atoms with Crippen molar-refractivity contribution in [3.8, 4) is 22.4 Å². The van der Waals surface area contributed by atoms with E-state index in [0.29, 0.717) is 11.8 Å². The van der Waals surface area contributed by atoms with Gasteiger partial charge in [0.25, 0.3) is 0 Å². The Bertz CT molecular complexity index is 988. The van der Waals surface area contributed by atoms with E-state index in [2.05, 4.69) is 65.6 Å². The minimum Gasteiger partial charge on any atom is -0.265 e. The predicted octanol–water partition coefficient (Wildman–Crippen LogP) is 5.29. The second-order valence-corrected chi connectivity index (χ2v) is 7.46. The number of rotatable bonds is 3. The van der Waals surface area contributed by atoms with Gasteiger partial charge in [0.15, 0.2) is 0 Å². The van der Waals surface area contributed by atoms with Crippen LogP contribution in [0.1, 0.15) is 42.5 Å². The lowest BCUT2D eigenvalue weighted by Crippen LogP contribution is -2.07. The quantitative estimate of drug-likeness (QED) is 0.651. The summed E-state index contributed by atoms with van der Waals surface area (Å²) in [5.41, 5.74) is 8.32. The van der Waals surface area contributed by atoms with Crippen molar-refractivity contribution in [2.45, 2.75) is 32.1 Å². The van der Waals surface area contributed by atoms with Crippen molar-refractivity contribution in [1.29, 1.82) is 0 Å². The summed E-state index contributed by atoms with van der Waals surface area (Å²) in [6.07, 6.45) is 11.7. The van der Waals surface area contributed by atoms with Crippen LogP contribution in [0.3, 0.4) is 0 Å². The van der Waals surface area contributed by atoms with E-state index in [9.17, 15) is 0 Å². The Kier molecular flexibility index (Phi) is 3.66. The highest BCUT2D eigenvalue weighted by molar-refractivity contribution is 5.84. The molecule has 5 rings (SSSR count). The lowest BCUT2D eigenvalue weighted by molar-refractivity contribution is 0.718. The van der Waals surface area contributed by atoms with Crippen LogP contribution < -0.4 is 0 Å². The summed E-state index contributed by atoms with van der Waals surface area (Å²) in [6, 6.07) is 12.9. The highest BCUT2D eigenvalue weighted by atomic mass is 15.1. The predicted molar refractivity (Wildman–Crippen MR) is 105 cm³/mol. The molecule has 128 valence electrons. The van der Waals surface area contributed by atoms with E-state index < -0.39 is 0 Å². The molecule has 3 heteroatoms. The van der Waals surface area contributed by atoms with Crippen LogP contribution in [0.25, 0.3) is 28.5 Å². The van der Waals surface area contributed by atoms with E-state index >= 15 is 0 Å². The molecule has 0 aliphatic heterocycles. The Morgan fingerprint density at radius 1 is 0.962 bits per heavy atom. The zero-order valence-corrected chi connectivity index (χ0v) is 14.9. The second-order valence-electron chi connectivity index (χ2n) is 7.46. The first-order chi connectivity index (χ1) is 12.8. The fourth-order valence-corrected chi connectivity index (χ4v) is 3.80. The third-order valence-corrected chi connectivity index (χ3v) is 5.40. The first-order valence-corrected chi connectivity index (χ1v) is 9.38. The third kappa shape index (κ3) is 2.74. The summed E-state index contributed by atoms with van der Waals surface area (Å²) in [5, 5.41) is 9.31. The fourth-order valence-electron chi connectivity index (χ4n) is 3.80. The van der Waals surface area contributed by atoms with E-state index in [4.69, 9.17) is 5.10 Å². The Hall–Kier alpha value is -2.81. The highest BCUT2D eigenvalue weighted by Crippen LogP contribution is 2.42. The Morgan fingerprint density at radius 2 is 1.81 bits per heavy atom. The van der Waals surface area contributed by atoms with Crippen molar-refractivity contribution in [2.75, 3.05) is 0 Å². The normalized spacial score (nSPS) is 18.6. The van der Waals surface area contributed by atoms with Crippen LogP contribution in [0.15, 0.2) is 54.9 Å². The van der Waals surface area contributed by atoms with Crippen LogP contribution in [0.2, 0.25) is 0 Å². The Morgan fingerprint density at radius 3 is 2.62 bits per heavy atom. The molecule has 2 aliphatic carbocycles. The second kappa shape index (κ2) is 6.17. The van der Waals surface area contributed by atoms with Crippen LogP contribution in [0.5, 0.6) is 0 Å². The number of benzene rings is 1. The molecule has 0 amide bonds. The first kappa shape index (κ1) is 15.4. The molecule has 1 fully saturated rings. The van der Waals surface area contributed by atoms with E-state index in [1.54, 1.807) is 0 Å². The molecule has 0 saturated heterocycles. The van der Waals surface area contributed by atoms with Gasteiger partial charge in [-0.15, -0.1) is 5.10 Å². The molecule has 1 saturated carbocycles. The third-order valence-electron chi connectivity index (χ3n) is 5.40. The number of pyridine rings is 1. The number of hydrogen-bond acceptors (Lipinski definition) is 3. The van der Waals surface area contributed by atoms with Gasteiger partial charge in [-0.25, -0.2) is 0 Å². The zero-order chi connectivity index (χ0) is 17.5. The average Bonchev–Trinajstić information content (AvgIpc) is 3.53. The van der Waals surface area contributed by atoms with E-state index in [0.717, 1.165) is 23.4 Å². The van der Waals surface area contributed by atoms with E-state index in [-0.39, 0.29) is 0 Å². The molecule has 2 aliphatic rings. The van der Waals surface area contributed by atoms with Gasteiger partial charge < -0.3 is 0 Å². The Balaban J connectivity index is 1.72. The van der Waals surface area contributed by atoms with Gasteiger partial charge in [0.1, 0.15) is 5.69 Å². The van der Waals surface area contributed by atoms with Crippen molar-refractivity contribution >= 4 is 6.08 Å². The van der Waals surface area contributed by atoms with Gasteiger partial charge in [-0.2, -0.15) is 5.10 Å². The molecule has 1 atom stereocenters. The lowest BCUT2D eigenvalue weighted by atomic mass is 9.85. The van der Waals surface area contributed by atoms with Crippen LogP contribution in [0, 0.1) is 5.92 Å². The largest absolute Gasteiger partial charge is 0.265 e. The molecule has 1 aromatic carbocycles. The maximum atomic E-state index is 4.73. The van der Waals surface area contributed by atoms with Gasteiger partial charge in [-0.3, -0.25) is 4.98 Å². The van der Waals surface area contributed by atoms with Gasteiger partial charge in [0.2, 0.25) is 0 Å². The molecule has 0 radical (unpaired) electrons. The van der Waals surface area contributed by atoms with Crippen molar-refractivity contribution in [3.05, 3.63) is 71.7 Å². The van der Waals surface area contributed by atoms with Crippen molar-refractivity contribution in [2.24, 2.45) is 5.92 Å². The Labute approximate surface area is 153 Å². The summed E-state index contributed by atoms with van der Waals surface area (Å²) in [4.78, 5) is 4.18. The van der Waals surface area contributed by atoms with Gasteiger partial charge >= 0.3 is 0 Å². The first-order valence-electron chi connectivity index (χ1n) is 9.38. The standard InChI is InChI=1S/C23H21N3/c1-15-5-6-16-3-2-4-19(20(16)13-15)23-21(17-9-11-24-12-10-17)14-22(25-26-23)18-7-8-18/h2-6,9-12,14-15,18H,7-8,13H2,1H3. The van der Waals surface area contributed by atoms with Crippen LogP contribution in [0.4, 0.5) is 0 Å². The summed E-state index contributed by atoms with van der Waals surface area (Å²) in [7, 11) is 0. The van der Waals surface area contributed by atoms with Crippen molar-refractivity contribution in [1.82, 2.24) is 15.2 Å². The molecule has 0 N–H and O–H groups in total.